The number of halogens is 2. The van der Waals surface area contributed by atoms with E-state index in [1.54, 1.807) is 6.20 Å². The second-order valence-corrected chi connectivity index (χ2v) is 13.7. The van der Waals surface area contributed by atoms with Crippen molar-refractivity contribution in [1.29, 1.82) is 0 Å². The molecule has 0 saturated carbocycles. The Morgan fingerprint density at radius 1 is 0.938 bits per heavy atom. The molecule has 1 aromatic heterocycles. The molecule has 1 aliphatic rings. The number of hydrogen-bond acceptors (Lipinski definition) is 4. The summed E-state index contributed by atoms with van der Waals surface area (Å²) in [5.74, 6) is -2.05. The molecule has 48 heavy (non-hydrogen) atoms. The number of aromatic nitrogens is 2. The zero-order chi connectivity index (χ0) is 34.4. The minimum absolute atomic E-state index is 0. The van der Waals surface area contributed by atoms with Crippen molar-refractivity contribution in [1.82, 2.24) is 10.2 Å². The van der Waals surface area contributed by atoms with E-state index >= 15 is 0 Å². The topological polar surface area (TPSA) is 63.1 Å². The first kappa shape index (κ1) is 39.2. The van der Waals surface area contributed by atoms with Crippen LogP contribution in [-0.4, -0.2) is 27.0 Å². The number of aliphatic hydroxyl groups excluding tert-OH is 1. The number of alkyl halides is 2. The zero-order valence-corrected chi connectivity index (χ0v) is 31.7. The van der Waals surface area contributed by atoms with E-state index in [9.17, 15) is 18.7 Å². The Labute approximate surface area is 298 Å². The van der Waals surface area contributed by atoms with Gasteiger partial charge in [0.1, 0.15) is 0 Å². The summed E-state index contributed by atoms with van der Waals surface area (Å²) in [4.78, 5) is 11.7. The van der Waals surface area contributed by atoms with Gasteiger partial charge < -0.3 is 5.11 Å². The first-order valence-corrected chi connectivity index (χ1v) is 17.0. The molecule has 1 aliphatic carbocycles. The van der Waals surface area contributed by atoms with Crippen LogP contribution >= 0.6 is 0 Å². The van der Waals surface area contributed by atoms with Crippen molar-refractivity contribution >= 4 is 16.6 Å². The number of benzene rings is 3. The third kappa shape index (κ3) is 9.66. The van der Waals surface area contributed by atoms with E-state index in [1.807, 2.05) is 58.0 Å². The molecule has 0 fully saturated rings. The van der Waals surface area contributed by atoms with Gasteiger partial charge in [-0.2, -0.15) is 10.2 Å². The average Bonchev–Trinajstić information content (AvgIpc) is 3.04. The normalized spacial score (nSPS) is 14.3. The van der Waals surface area contributed by atoms with Crippen molar-refractivity contribution in [3.05, 3.63) is 95.4 Å². The van der Waals surface area contributed by atoms with E-state index in [2.05, 4.69) is 61.3 Å². The summed E-state index contributed by atoms with van der Waals surface area (Å²) in [5, 5.41) is 20.7. The molecule has 0 unspecified atom stereocenters. The quantitative estimate of drug-likeness (QED) is 0.104. The van der Waals surface area contributed by atoms with Gasteiger partial charge in [0.15, 0.2) is 5.78 Å². The summed E-state index contributed by atoms with van der Waals surface area (Å²) < 4.78 is 27.5. The molecule has 0 saturated heterocycles. The summed E-state index contributed by atoms with van der Waals surface area (Å²) in [6, 6.07) is 21.7. The van der Waals surface area contributed by atoms with Crippen molar-refractivity contribution in [2.24, 2.45) is 11.8 Å². The molecule has 0 atom stereocenters. The molecule has 0 bridgehead atoms. The fraction of sp³-hybridized carbons (Fsp3) is 0.439. The Kier molecular flexibility index (Phi) is 13.8. The van der Waals surface area contributed by atoms with Gasteiger partial charge in [0.05, 0.1) is 12.0 Å². The molecule has 0 spiro atoms. The second kappa shape index (κ2) is 16.9. The minimum Gasteiger partial charge on any atom is -0.512 e. The van der Waals surface area contributed by atoms with Gasteiger partial charge in [0.2, 0.25) is 0 Å². The zero-order valence-electron chi connectivity index (χ0n) is 29.3. The van der Waals surface area contributed by atoms with Crippen LogP contribution in [0.5, 0.6) is 0 Å². The number of carbonyl (C=O) groups is 1. The van der Waals surface area contributed by atoms with Gasteiger partial charge >= 0.3 is 0 Å². The molecule has 4 aromatic rings. The Morgan fingerprint density at radius 3 is 2.25 bits per heavy atom. The van der Waals surface area contributed by atoms with Crippen LogP contribution in [0.1, 0.15) is 97.3 Å². The van der Waals surface area contributed by atoms with Crippen LogP contribution in [0.4, 0.5) is 8.78 Å². The maximum atomic E-state index is 13.8. The molecule has 1 heterocycles. The van der Waals surface area contributed by atoms with Crippen LogP contribution in [0.15, 0.2) is 72.6 Å². The Bertz CT molecular complexity index is 1720. The van der Waals surface area contributed by atoms with E-state index in [4.69, 9.17) is 0 Å². The Hall–Kier alpha value is -3.28. The molecular formula is C41H49F2IrN2O2-. The average molecular weight is 832 g/mol. The van der Waals surface area contributed by atoms with Crippen LogP contribution < -0.4 is 0 Å². The van der Waals surface area contributed by atoms with Gasteiger partial charge in [-0.1, -0.05) is 102 Å². The largest absolute Gasteiger partial charge is 0.512 e. The van der Waals surface area contributed by atoms with Gasteiger partial charge in [-0.25, -0.2) is 8.78 Å². The number of nitrogens with zero attached hydrogens (tertiary/aromatic N) is 2. The maximum Gasteiger partial charge on any atom is 0.252 e. The van der Waals surface area contributed by atoms with Crippen molar-refractivity contribution in [2.45, 2.75) is 105 Å². The molecule has 3 aromatic carbocycles. The Balaban J connectivity index is 0.000000334. The number of hydrogen-bond donors (Lipinski definition) is 1. The number of rotatable bonds is 9. The van der Waals surface area contributed by atoms with Crippen molar-refractivity contribution in [3.8, 4) is 22.4 Å². The van der Waals surface area contributed by atoms with Gasteiger partial charge in [0, 0.05) is 56.6 Å². The van der Waals surface area contributed by atoms with Crippen molar-refractivity contribution in [2.75, 3.05) is 0 Å². The number of aliphatic hydroxyl groups is 1. The molecule has 7 heteroatoms. The number of fused-ring (bicyclic) bond motifs is 2. The summed E-state index contributed by atoms with van der Waals surface area (Å²) >= 11 is 0. The number of carbonyl (C=O) groups excluding carboxylic acids is 1. The monoisotopic (exact) mass is 832 g/mol. The smallest absolute Gasteiger partial charge is 0.252 e. The third-order valence-electron chi connectivity index (χ3n) is 9.34. The van der Waals surface area contributed by atoms with Crippen LogP contribution in [0.2, 0.25) is 0 Å². The molecule has 0 aliphatic heterocycles. The van der Waals surface area contributed by atoms with E-state index in [-0.39, 0.29) is 61.7 Å². The molecule has 4 nitrogen and oxygen atoms in total. The molecule has 1 radical (unpaired) electrons. The van der Waals surface area contributed by atoms with Gasteiger partial charge in [-0.3, -0.25) is 4.79 Å². The predicted molar refractivity (Wildman–Crippen MR) is 189 cm³/mol. The number of allylic oxidation sites excluding steroid dienone is 2. The fourth-order valence-electron chi connectivity index (χ4n) is 6.32. The first-order chi connectivity index (χ1) is 22.3. The SMILES string of the molecule is CC(C)(C)c1cc(-c2cc(-c3ccc4c(c3)CCC(F)(F)C4)cnn2)[c-]c2ccccc12.CCC(CC)C(=O)/C=C(\O)C(CC)CC.[Ir]. The van der Waals surface area contributed by atoms with Crippen LogP contribution in [0, 0.1) is 17.9 Å². The fourth-order valence-corrected chi connectivity index (χ4v) is 6.32. The molecule has 5 rings (SSSR count). The van der Waals surface area contributed by atoms with E-state index in [0.717, 1.165) is 64.6 Å². The molecule has 0 amide bonds. The molecular weight excluding hydrogens is 783 g/mol. The van der Waals surface area contributed by atoms with E-state index in [1.165, 1.54) is 17.0 Å². The number of ketones is 1. The summed E-state index contributed by atoms with van der Waals surface area (Å²) in [5.41, 5.74) is 6.50. The van der Waals surface area contributed by atoms with Crippen molar-refractivity contribution < 1.29 is 38.8 Å². The van der Waals surface area contributed by atoms with Crippen LogP contribution in [0.25, 0.3) is 33.2 Å². The van der Waals surface area contributed by atoms with Crippen LogP contribution in [0.3, 0.4) is 0 Å². The minimum atomic E-state index is -2.60. The predicted octanol–water partition coefficient (Wildman–Crippen LogP) is 11.1. The molecule has 1 N–H and O–H groups in total. The van der Waals surface area contributed by atoms with Gasteiger partial charge in [-0.05, 0) is 59.8 Å². The standard InChI is InChI=1S/C28H25F2N2.C13H24O2.Ir/c1-27(2,3)25-14-22(13-20-6-4-5-7-24(20)25)26-15-23(17-31-32-26)18-8-9-21-16-28(29,30)11-10-19(21)12-18;1-5-10(6-2)12(14)9-13(15)11(7-3)8-4;/h4-9,12,14-15,17H,10-11,16H2,1-3H3;9-11,14H,5-8H2,1-4H3;/q-1;;/b;12-9-;. The Morgan fingerprint density at radius 2 is 1.60 bits per heavy atom. The van der Waals surface area contributed by atoms with Crippen molar-refractivity contribution in [3.63, 3.8) is 0 Å². The van der Waals surface area contributed by atoms with Crippen LogP contribution in [-0.2, 0) is 43.2 Å². The summed E-state index contributed by atoms with van der Waals surface area (Å²) in [6.45, 7) is 14.7. The van der Waals surface area contributed by atoms with Gasteiger partial charge in [-0.15, -0.1) is 29.1 Å². The third-order valence-corrected chi connectivity index (χ3v) is 9.34. The number of aryl methyl sites for hydroxylation is 1. The first-order valence-electron chi connectivity index (χ1n) is 17.0. The second-order valence-electron chi connectivity index (χ2n) is 13.7. The maximum absolute atomic E-state index is 13.8. The van der Waals surface area contributed by atoms with E-state index in [0.29, 0.717) is 6.42 Å². The summed E-state index contributed by atoms with van der Waals surface area (Å²) in [7, 11) is 0. The summed E-state index contributed by atoms with van der Waals surface area (Å²) in [6.07, 6.45) is 6.77. The van der Waals surface area contributed by atoms with Gasteiger partial charge in [0.25, 0.3) is 5.92 Å². The molecule has 259 valence electrons. The van der Waals surface area contributed by atoms with E-state index < -0.39 is 5.92 Å².